The lowest BCUT2D eigenvalue weighted by Crippen LogP contribution is -2.28. The number of allylic oxidation sites excluding steroid dienone is 2. The number of aliphatic hydroxyl groups excluding tert-OH is 1. The highest BCUT2D eigenvalue weighted by Crippen LogP contribution is 2.43. The number of benzene rings is 2. The molecule has 0 spiro atoms. The van der Waals surface area contributed by atoms with Crippen LogP contribution in [0.15, 0.2) is 60.7 Å². The van der Waals surface area contributed by atoms with E-state index in [0.717, 1.165) is 31.4 Å². The smallest absolute Gasteiger partial charge is 0.123 e. The van der Waals surface area contributed by atoms with E-state index < -0.39 is 0 Å². The van der Waals surface area contributed by atoms with E-state index in [1.165, 1.54) is 48.8 Å². The quantitative estimate of drug-likeness (QED) is 0.252. The largest absolute Gasteiger partial charge is 0.489 e. The Morgan fingerprint density at radius 3 is 2.53 bits per heavy atom. The Labute approximate surface area is 208 Å². The van der Waals surface area contributed by atoms with Crippen LogP contribution in [0.1, 0.15) is 108 Å². The molecular weight excluding hydrogens is 416 g/mol. The van der Waals surface area contributed by atoms with Crippen molar-refractivity contribution in [3.63, 3.8) is 0 Å². The first-order valence-corrected chi connectivity index (χ1v) is 13.5. The van der Waals surface area contributed by atoms with E-state index in [-0.39, 0.29) is 11.5 Å². The third kappa shape index (κ3) is 7.47. The molecule has 0 amide bonds. The van der Waals surface area contributed by atoms with Gasteiger partial charge in [-0.1, -0.05) is 101 Å². The molecule has 1 aliphatic rings. The molecule has 1 N–H and O–H groups in total. The maximum Gasteiger partial charge on any atom is 0.123 e. The third-order valence-corrected chi connectivity index (χ3v) is 7.76. The molecule has 0 saturated heterocycles. The maximum atomic E-state index is 10.9. The first-order chi connectivity index (χ1) is 16.4. The van der Waals surface area contributed by atoms with Crippen molar-refractivity contribution in [3.05, 3.63) is 77.4 Å². The summed E-state index contributed by atoms with van der Waals surface area (Å²) in [6.45, 7) is 9.63. The van der Waals surface area contributed by atoms with E-state index in [0.29, 0.717) is 18.4 Å². The minimum atomic E-state index is -0.244. The van der Waals surface area contributed by atoms with Crippen molar-refractivity contribution in [2.24, 2.45) is 5.92 Å². The van der Waals surface area contributed by atoms with Crippen LogP contribution in [0.5, 0.6) is 5.75 Å². The van der Waals surface area contributed by atoms with Gasteiger partial charge < -0.3 is 9.84 Å². The van der Waals surface area contributed by atoms with Crippen LogP contribution < -0.4 is 4.74 Å². The fourth-order valence-corrected chi connectivity index (χ4v) is 5.37. The highest BCUT2D eigenvalue weighted by Gasteiger charge is 2.31. The van der Waals surface area contributed by atoms with Gasteiger partial charge in [0.2, 0.25) is 0 Å². The van der Waals surface area contributed by atoms with Gasteiger partial charge >= 0.3 is 0 Å². The minimum Gasteiger partial charge on any atom is -0.489 e. The van der Waals surface area contributed by atoms with E-state index in [2.05, 4.69) is 82.3 Å². The van der Waals surface area contributed by atoms with Crippen LogP contribution in [-0.2, 0) is 12.0 Å². The van der Waals surface area contributed by atoms with Crippen LogP contribution >= 0.6 is 0 Å². The Morgan fingerprint density at radius 1 is 1.03 bits per heavy atom. The SMILES string of the molecule is CC=CCC1CCC(c2ccc(C(C)(C)CCCCCC)cc2OCc2ccccc2)CC1O. The van der Waals surface area contributed by atoms with Gasteiger partial charge in [-0.15, -0.1) is 0 Å². The average molecular weight is 463 g/mol. The second kappa shape index (κ2) is 13.1. The summed E-state index contributed by atoms with van der Waals surface area (Å²) in [5.74, 6) is 1.74. The summed E-state index contributed by atoms with van der Waals surface area (Å²) < 4.78 is 6.49. The molecule has 3 unspecified atom stereocenters. The number of hydrogen-bond donors (Lipinski definition) is 1. The van der Waals surface area contributed by atoms with Crippen molar-refractivity contribution in [3.8, 4) is 5.75 Å². The van der Waals surface area contributed by atoms with E-state index >= 15 is 0 Å². The average Bonchev–Trinajstić information content (AvgIpc) is 2.85. The van der Waals surface area contributed by atoms with Crippen molar-refractivity contribution < 1.29 is 9.84 Å². The first kappa shape index (κ1) is 26.5. The lowest BCUT2D eigenvalue weighted by molar-refractivity contribution is 0.0613. The Kier molecular flexibility index (Phi) is 10.3. The highest BCUT2D eigenvalue weighted by molar-refractivity contribution is 5.43. The molecule has 0 radical (unpaired) electrons. The summed E-state index contributed by atoms with van der Waals surface area (Å²) in [5.41, 5.74) is 3.94. The molecule has 186 valence electrons. The molecule has 3 atom stereocenters. The predicted octanol–water partition coefficient (Wildman–Crippen LogP) is 8.72. The van der Waals surface area contributed by atoms with Gasteiger partial charge in [-0.3, -0.25) is 0 Å². The molecule has 3 rings (SSSR count). The lowest BCUT2D eigenvalue weighted by Gasteiger charge is -2.34. The molecule has 0 bridgehead atoms. The van der Waals surface area contributed by atoms with E-state index in [1.54, 1.807) is 0 Å². The lowest BCUT2D eigenvalue weighted by atomic mass is 9.74. The van der Waals surface area contributed by atoms with Gasteiger partial charge in [0, 0.05) is 0 Å². The molecule has 0 heterocycles. The molecule has 1 fully saturated rings. The van der Waals surface area contributed by atoms with Crippen LogP contribution in [0, 0.1) is 5.92 Å². The zero-order chi connectivity index (χ0) is 24.4. The Balaban J connectivity index is 1.80. The summed E-state index contributed by atoms with van der Waals surface area (Å²) in [7, 11) is 0. The molecule has 2 heteroatoms. The topological polar surface area (TPSA) is 29.5 Å². The third-order valence-electron chi connectivity index (χ3n) is 7.76. The molecule has 0 aromatic heterocycles. The van der Waals surface area contributed by atoms with Crippen LogP contribution in [-0.4, -0.2) is 11.2 Å². The van der Waals surface area contributed by atoms with Crippen LogP contribution in [0.4, 0.5) is 0 Å². The van der Waals surface area contributed by atoms with Gasteiger partial charge in [-0.2, -0.15) is 0 Å². The maximum absolute atomic E-state index is 10.9. The number of ether oxygens (including phenoxy) is 1. The van der Waals surface area contributed by atoms with Crippen molar-refractivity contribution in [1.29, 1.82) is 0 Å². The van der Waals surface area contributed by atoms with Gasteiger partial charge in [0.1, 0.15) is 12.4 Å². The van der Waals surface area contributed by atoms with Crippen molar-refractivity contribution >= 4 is 0 Å². The standard InChI is InChI=1S/C32H46O2/c1-5-7-9-13-21-32(3,4)28-19-20-29(27-18-17-26(16-8-6-2)30(33)22-27)31(23-28)34-24-25-14-11-10-12-15-25/h6,8,10-12,14-15,19-20,23,26-27,30,33H,5,7,9,13,16-18,21-22,24H2,1-4H3. The zero-order valence-electron chi connectivity index (χ0n) is 21.9. The van der Waals surface area contributed by atoms with Gasteiger partial charge in [-0.05, 0) is 79.0 Å². The van der Waals surface area contributed by atoms with Crippen LogP contribution in [0.2, 0.25) is 0 Å². The van der Waals surface area contributed by atoms with Gasteiger partial charge in [0.25, 0.3) is 0 Å². The predicted molar refractivity (Wildman–Crippen MR) is 145 cm³/mol. The van der Waals surface area contributed by atoms with E-state index in [9.17, 15) is 5.11 Å². The zero-order valence-corrected chi connectivity index (χ0v) is 21.9. The molecular formula is C32H46O2. The first-order valence-electron chi connectivity index (χ1n) is 13.5. The van der Waals surface area contributed by atoms with Gasteiger partial charge in [0.05, 0.1) is 6.10 Å². The number of hydrogen-bond acceptors (Lipinski definition) is 2. The molecule has 2 nitrogen and oxygen atoms in total. The van der Waals surface area contributed by atoms with Gasteiger partial charge in [0.15, 0.2) is 0 Å². The molecule has 2 aromatic carbocycles. The Hall–Kier alpha value is -2.06. The molecule has 1 aliphatic carbocycles. The fourth-order valence-electron chi connectivity index (χ4n) is 5.37. The summed E-state index contributed by atoms with van der Waals surface area (Å²) in [6, 6.07) is 17.3. The molecule has 1 saturated carbocycles. The fraction of sp³-hybridized carbons (Fsp3) is 0.562. The van der Waals surface area contributed by atoms with Crippen molar-refractivity contribution in [1.82, 2.24) is 0 Å². The number of rotatable bonds is 12. The normalized spacial score (nSPS) is 21.1. The van der Waals surface area contributed by atoms with E-state index in [1.807, 2.05) is 6.07 Å². The highest BCUT2D eigenvalue weighted by atomic mass is 16.5. The van der Waals surface area contributed by atoms with Crippen molar-refractivity contribution in [2.75, 3.05) is 0 Å². The number of unbranched alkanes of at least 4 members (excludes halogenated alkanes) is 3. The number of aliphatic hydroxyl groups is 1. The van der Waals surface area contributed by atoms with Gasteiger partial charge in [-0.25, -0.2) is 0 Å². The van der Waals surface area contributed by atoms with Crippen molar-refractivity contribution in [2.45, 2.75) is 110 Å². The summed E-state index contributed by atoms with van der Waals surface area (Å²) in [6.07, 6.45) is 14.4. The molecule has 0 aliphatic heterocycles. The Bertz CT molecular complexity index is 883. The Morgan fingerprint density at radius 2 is 1.82 bits per heavy atom. The monoisotopic (exact) mass is 462 g/mol. The minimum absolute atomic E-state index is 0.126. The second-order valence-electron chi connectivity index (χ2n) is 10.9. The second-order valence-corrected chi connectivity index (χ2v) is 10.9. The molecule has 2 aromatic rings. The van der Waals surface area contributed by atoms with E-state index in [4.69, 9.17) is 4.74 Å². The summed E-state index contributed by atoms with van der Waals surface area (Å²) in [4.78, 5) is 0. The van der Waals surface area contributed by atoms with Crippen LogP contribution in [0.3, 0.4) is 0 Å². The van der Waals surface area contributed by atoms with Crippen LogP contribution in [0.25, 0.3) is 0 Å². The summed E-state index contributed by atoms with van der Waals surface area (Å²) in [5, 5.41) is 10.9. The molecule has 34 heavy (non-hydrogen) atoms. The summed E-state index contributed by atoms with van der Waals surface area (Å²) >= 11 is 0.